The predicted octanol–water partition coefficient (Wildman–Crippen LogP) is 2.06. The minimum atomic E-state index is -2.65. The van der Waals surface area contributed by atoms with Crippen LogP contribution >= 0.6 is 11.3 Å². The Bertz CT molecular complexity index is 1500. The molecule has 0 bridgehead atoms. The molecule has 38 heavy (non-hydrogen) atoms. The van der Waals surface area contributed by atoms with Gasteiger partial charge in [0.05, 0.1) is 22.8 Å². The number of hydrogen-bond acceptors (Lipinski definition) is 10. The Morgan fingerprint density at radius 3 is 2.53 bits per heavy atom. The van der Waals surface area contributed by atoms with E-state index in [1.807, 2.05) is 19.1 Å². The molecule has 1 amide bonds. The van der Waals surface area contributed by atoms with E-state index in [9.17, 15) is 34.8 Å². The van der Waals surface area contributed by atoms with Gasteiger partial charge in [-0.25, -0.2) is 4.98 Å². The fourth-order valence-electron chi connectivity index (χ4n) is 6.07. The van der Waals surface area contributed by atoms with Gasteiger partial charge in [-0.1, -0.05) is 12.1 Å². The Hall–Kier alpha value is -3.80. The number of carbonyl (C=O) groups excluding carboxylic acids is 3. The maximum absolute atomic E-state index is 13.7. The quantitative estimate of drug-likeness (QED) is 0.366. The van der Waals surface area contributed by atoms with Gasteiger partial charge in [0.1, 0.15) is 22.8 Å². The summed E-state index contributed by atoms with van der Waals surface area (Å²) >= 11 is 1.47. The smallest absolute Gasteiger partial charge is 0.255 e. The molecule has 1 heterocycles. The van der Waals surface area contributed by atoms with E-state index in [4.69, 9.17) is 5.73 Å². The Morgan fingerprint density at radius 1 is 1.21 bits per heavy atom. The van der Waals surface area contributed by atoms with Gasteiger partial charge in [0.2, 0.25) is 5.78 Å². The number of phenols is 1. The molecule has 0 saturated heterocycles. The number of likely N-dealkylation sites (N-methyl/N-ethyl adjacent to an activating group) is 1. The summed E-state index contributed by atoms with van der Waals surface area (Å²) in [5.74, 6) is -6.67. The Kier molecular flexibility index (Phi) is 6.05. The highest BCUT2D eigenvalue weighted by molar-refractivity contribution is 7.10. The van der Waals surface area contributed by atoms with E-state index in [1.165, 1.54) is 22.3 Å². The number of aromatic nitrogens is 1. The summed E-state index contributed by atoms with van der Waals surface area (Å²) in [6, 6.07) is 2.05. The molecule has 11 heteroatoms. The number of amides is 1. The maximum atomic E-state index is 13.7. The lowest BCUT2D eigenvalue weighted by atomic mass is 9.58. The number of aliphatic hydroxyl groups is 3. The number of nitrogens with zero attached hydrogens (tertiary/aromatic N) is 2. The number of nitrogens with two attached hydrogens (primary N) is 1. The largest absolute Gasteiger partial charge is 0.510 e. The maximum Gasteiger partial charge on any atom is 0.255 e. The average molecular weight is 538 g/mol. The summed E-state index contributed by atoms with van der Waals surface area (Å²) in [4.78, 5) is 45.8. The first-order chi connectivity index (χ1) is 17.9. The Labute approximate surface area is 222 Å². The van der Waals surface area contributed by atoms with Crippen molar-refractivity contribution in [3.63, 3.8) is 0 Å². The average Bonchev–Trinajstić information content (AvgIpc) is 3.25. The highest BCUT2D eigenvalue weighted by atomic mass is 32.1. The first-order valence-electron chi connectivity index (χ1n) is 12.0. The molecular formula is C27H27N3O7S. The van der Waals surface area contributed by atoms with Crippen LogP contribution in [0.1, 0.15) is 38.5 Å². The van der Waals surface area contributed by atoms with E-state index in [-0.39, 0.29) is 29.7 Å². The van der Waals surface area contributed by atoms with Crippen molar-refractivity contribution < 1.29 is 34.8 Å². The fourth-order valence-corrected chi connectivity index (χ4v) is 6.76. The minimum absolute atomic E-state index is 0.0195. The van der Waals surface area contributed by atoms with Gasteiger partial charge in [-0.05, 0) is 63.0 Å². The van der Waals surface area contributed by atoms with Crippen molar-refractivity contribution in [3.05, 3.63) is 67.6 Å². The third kappa shape index (κ3) is 3.53. The van der Waals surface area contributed by atoms with Gasteiger partial charge >= 0.3 is 0 Å². The number of rotatable bonds is 4. The van der Waals surface area contributed by atoms with Crippen LogP contribution in [-0.4, -0.2) is 73.5 Å². The van der Waals surface area contributed by atoms with Crippen LogP contribution in [0.2, 0.25) is 0 Å². The normalized spacial score (nSPS) is 27.1. The Morgan fingerprint density at radius 2 is 1.92 bits per heavy atom. The second-order valence-corrected chi connectivity index (χ2v) is 11.0. The van der Waals surface area contributed by atoms with Crippen molar-refractivity contribution >= 4 is 41.0 Å². The molecule has 6 N–H and O–H groups in total. The number of benzene rings is 1. The molecule has 198 valence electrons. The first kappa shape index (κ1) is 25.8. The number of primary amides is 1. The van der Waals surface area contributed by atoms with Gasteiger partial charge in [0.25, 0.3) is 5.91 Å². The minimum Gasteiger partial charge on any atom is -0.510 e. The SMILES string of the molecule is Cc1ncsc1/C=C/c1ccc(O)c2c1C[C@@H]1C[C@@H]3[C@@H](N(C)C)C(O)=C(C(N)=O)C(=O)[C@]3(O)C(O)=C1C2=O. The number of ketones is 2. The molecule has 0 unspecified atom stereocenters. The predicted molar refractivity (Wildman–Crippen MR) is 139 cm³/mol. The van der Waals surface area contributed by atoms with Gasteiger partial charge < -0.3 is 26.2 Å². The van der Waals surface area contributed by atoms with Crippen LogP contribution < -0.4 is 5.73 Å². The van der Waals surface area contributed by atoms with E-state index in [0.29, 0.717) is 11.1 Å². The van der Waals surface area contributed by atoms with Crippen LogP contribution in [0.5, 0.6) is 5.75 Å². The highest BCUT2D eigenvalue weighted by Gasteiger charge is 2.63. The molecule has 5 rings (SSSR count). The van der Waals surface area contributed by atoms with Crippen LogP contribution in [-0.2, 0) is 16.0 Å². The topological polar surface area (TPSA) is 174 Å². The fraction of sp³-hybridized carbons (Fsp3) is 0.333. The molecule has 1 aromatic carbocycles. The van der Waals surface area contributed by atoms with Crippen LogP contribution in [0.15, 0.2) is 40.3 Å². The summed E-state index contributed by atoms with van der Waals surface area (Å²) in [5, 5.41) is 44.5. The molecule has 0 fully saturated rings. The molecule has 0 saturated carbocycles. The van der Waals surface area contributed by atoms with Crippen molar-refractivity contribution in [2.24, 2.45) is 17.6 Å². The number of phenolic OH excluding ortho intramolecular Hbond substituents is 1. The van der Waals surface area contributed by atoms with E-state index in [1.54, 1.807) is 25.7 Å². The molecule has 0 aliphatic heterocycles. The van der Waals surface area contributed by atoms with E-state index in [0.717, 1.165) is 10.6 Å². The van der Waals surface area contributed by atoms with E-state index >= 15 is 0 Å². The lowest BCUT2D eigenvalue weighted by Gasteiger charge is -2.50. The number of aliphatic hydroxyl groups excluding tert-OH is 2. The van der Waals surface area contributed by atoms with Crippen molar-refractivity contribution in [1.29, 1.82) is 0 Å². The summed E-state index contributed by atoms with van der Waals surface area (Å²) in [7, 11) is 3.19. The van der Waals surface area contributed by atoms with Crippen molar-refractivity contribution in [2.75, 3.05) is 14.1 Å². The first-order valence-corrected chi connectivity index (χ1v) is 12.8. The third-order valence-corrected chi connectivity index (χ3v) is 8.74. The zero-order chi connectivity index (χ0) is 27.7. The molecule has 0 radical (unpaired) electrons. The molecular weight excluding hydrogens is 510 g/mol. The molecule has 3 aliphatic rings. The van der Waals surface area contributed by atoms with E-state index in [2.05, 4.69) is 4.98 Å². The summed E-state index contributed by atoms with van der Waals surface area (Å²) < 4.78 is 0. The lowest BCUT2D eigenvalue weighted by molar-refractivity contribution is -0.148. The van der Waals surface area contributed by atoms with Crippen molar-refractivity contribution in [3.8, 4) is 5.75 Å². The zero-order valence-electron chi connectivity index (χ0n) is 20.9. The Balaban J connectivity index is 1.67. The van der Waals surface area contributed by atoms with Gasteiger partial charge in [-0.3, -0.25) is 19.3 Å². The van der Waals surface area contributed by atoms with Crippen LogP contribution in [0.25, 0.3) is 12.2 Å². The number of carbonyl (C=O) groups is 3. The number of thiazole rings is 1. The number of allylic oxidation sites excluding steroid dienone is 1. The monoisotopic (exact) mass is 537 g/mol. The molecule has 10 nitrogen and oxygen atoms in total. The third-order valence-electron chi connectivity index (χ3n) is 7.84. The molecule has 2 aromatic rings. The number of Topliss-reactive ketones (excluding diaryl/α,β-unsaturated/α-hetero) is 2. The molecule has 3 aliphatic carbocycles. The highest BCUT2D eigenvalue weighted by Crippen LogP contribution is 2.52. The number of aryl methyl sites for hydroxylation is 1. The van der Waals surface area contributed by atoms with Gasteiger partial charge in [-0.2, -0.15) is 0 Å². The number of aromatic hydroxyl groups is 1. The lowest BCUT2D eigenvalue weighted by Crippen LogP contribution is -2.63. The van der Waals surface area contributed by atoms with Crippen molar-refractivity contribution in [2.45, 2.75) is 31.4 Å². The van der Waals surface area contributed by atoms with Crippen LogP contribution in [0, 0.1) is 18.8 Å². The van der Waals surface area contributed by atoms with Crippen LogP contribution in [0.3, 0.4) is 0 Å². The van der Waals surface area contributed by atoms with E-state index < -0.39 is 58.0 Å². The van der Waals surface area contributed by atoms with Gasteiger partial charge in [-0.15, -0.1) is 11.3 Å². The second-order valence-electron chi connectivity index (χ2n) is 10.1. The van der Waals surface area contributed by atoms with Crippen LogP contribution in [0.4, 0.5) is 0 Å². The van der Waals surface area contributed by atoms with Crippen molar-refractivity contribution in [1.82, 2.24) is 9.88 Å². The zero-order valence-corrected chi connectivity index (χ0v) is 21.7. The number of fused-ring (bicyclic) bond motifs is 3. The summed E-state index contributed by atoms with van der Waals surface area (Å²) in [6.45, 7) is 1.88. The number of hydrogen-bond donors (Lipinski definition) is 5. The van der Waals surface area contributed by atoms with Gasteiger partial charge in [0.15, 0.2) is 11.4 Å². The summed E-state index contributed by atoms with van der Waals surface area (Å²) in [5.41, 5.74) is 5.53. The standard InChI is InChI=1S/C27H27N3O7S/c1-11-17(38-10-29-11)7-5-12-4-6-16(31)19-14(12)8-13-9-15-21(30(2)3)23(33)20(26(28)36)25(35)27(15,37)24(34)18(13)22(19)32/h4-7,10,13,15,21,31,33-34,37H,8-9H2,1-3H3,(H2,28,36)/b7-5+/t13-,15-,21-,27-/m1/s1. The van der Waals surface area contributed by atoms with Gasteiger partial charge in [0, 0.05) is 16.4 Å². The molecule has 1 aromatic heterocycles. The molecule has 0 spiro atoms. The summed E-state index contributed by atoms with van der Waals surface area (Å²) in [6.07, 6.45) is 3.98. The second kappa shape index (κ2) is 8.90. The molecule has 4 atom stereocenters.